The lowest BCUT2D eigenvalue weighted by Crippen LogP contribution is -2.40. The first-order valence-electron chi connectivity index (χ1n) is 8.85. The van der Waals surface area contributed by atoms with Gasteiger partial charge in [0.1, 0.15) is 5.75 Å². The van der Waals surface area contributed by atoms with Gasteiger partial charge < -0.3 is 20.7 Å². The Morgan fingerprint density at radius 2 is 1.97 bits per heavy atom. The number of nitrogens with one attached hydrogen (secondary N) is 3. The van der Waals surface area contributed by atoms with Crippen molar-refractivity contribution in [2.45, 2.75) is 25.6 Å². The Bertz CT molecular complexity index is 920. The van der Waals surface area contributed by atoms with Crippen LogP contribution in [0.15, 0.2) is 29.6 Å². The maximum Gasteiger partial charge on any atom is 0.573 e. The number of piperidine rings is 1. The Balaban J connectivity index is 1.48. The lowest BCUT2D eigenvalue weighted by molar-refractivity contribution is -0.274. The van der Waals surface area contributed by atoms with Gasteiger partial charge in [-0.2, -0.15) is 0 Å². The van der Waals surface area contributed by atoms with Crippen LogP contribution >= 0.6 is 11.3 Å². The predicted molar refractivity (Wildman–Crippen MR) is 102 cm³/mol. The predicted octanol–water partition coefficient (Wildman–Crippen LogP) is 2.69. The second-order valence-corrected chi connectivity index (χ2v) is 7.33. The quantitative estimate of drug-likeness (QED) is 0.637. The number of thiazole rings is 1. The number of nitrogens with zero attached hydrogens (tertiary/aromatic N) is 1. The molecule has 1 atom stereocenters. The molecule has 3 amide bonds. The van der Waals surface area contributed by atoms with E-state index in [0.29, 0.717) is 29.4 Å². The monoisotopic (exact) mass is 442 g/mol. The number of halogens is 3. The lowest BCUT2D eigenvalue weighted by atomic mass is 9.98. The summed E-state index contributed by atoms with van der Waals surface area (Å²) < 4.78 is 40.2. The normalized spacial score (nSPS) is 16.5. The van der Waals surface area contributed by atoms with Gasteiger partial charge in [-0.3, -0.25) is 14.4 Å². The topological polar surface area (TPSA) is 109 Å². The van der Waals surface area contributed by atoms with E-state index < -0.39 is 18.0 Å². The summed E-state index contributed by atoms with van der Waals surface area (Å²) in [7, 11) is 0. The van der Waals surface area contributed by atoms with Gasteiger partial charge in [-0.05, 0) is 30.7 Å². The fourth-order valence-corrected chi connectivity index (χ4v) is 3.43. The van der Waals surface area contributed by atoms with Crippen molar-refractivity contribution in [1.29, 1.82) is 0 Å². The van der Waals surface area contributed by atoms with Crippen LogP contribution < -0.4 is 20.7 Å². The number of alkyl halides is 3. The summed E-state index contributed by atoms with van der Waals surface area (Å²) in [5.74, 6) is -1.47. The smallest absolute Gasteiger partial charge is 0.406 e. The molecule has 12 heteroatoms. The van der Waals surface area contributed by atoms with Crippen LogP contribution in [0.25, 0.3) is 0 Å². The number of aromatic nitrogens is 1. The first-order valence-corrected chi connectivity index (χ1v) is 9.73. The zero-order valence-electron chi connectivity index (χ0n) is 15.4. The van der Waals surface area contributed by atoms with E-state index in [2.05, 4.69) is 25.7 Å². The van der Waals surface area contributed by atoms with Crippen LogP contribution in [0.1, 0.15) is 18.5 Å². The Morgan fingerprint density at radius 1 is 1.23 bits per heavy atom. The van der Waals surface area contributed by atoms with Crippen molar-refractivity contribution < 1.29 is 32.3 Å². The fraction of sp³-hybridized carbons (Fsp3) is 0.333. The summed E-state index contributed by atoms with van der Waals surface area (Å²) in [5, 5.41) is 9.82. The standard InChI is InChI=1S/C18H17F3N4O4S/c19-18(20,21)29-13-4-2-11(3-5-13)23-15(27)7-12-9-30-17(24-12)25-16(28)10-1-6-14(26)22-8-10/h2-5,9-10H,1,6-8H2,(H,22,26)(H,23,27)(H,24,25,28). The van der Waals surface area contributed by atoms with Gasteiger partial charge in [-0.1, -0.05) is 0 Å². The van der Waals surface area contributed by atoms with E-state index in [-0.39, 0.29) is 30.7 Å². The number of benzene rings is 1. The highest BCUT2D eigenvalue weighted by atomic mass is 32.1. The highest BCUT2D eigenvalue weighted by Crippen LogP contribution is 2.24. The van der Waals surface area contributed by atoms with E-state index in [0.717, 1.165) is 23.5 Å². The van der Waals surface area contributed by atoms with Gasteiger partial charge in [0.2, 0.25) is 17.7 Å². The molecular weight excluding hydrogens is 425 g/mol. The van der Waals surface area contributed by atoms with Crippen LogP contribution in [0.5, 0.6) is 5.75 Å². The molecule has 0 aliphatic carbocycles. The third kappa shape index (κ3) is 6.44. The molecule has 0 bridgehead atoms. The largest absolute Gasteiger partial charge is 0.573 e. The van der Waals surface area contributed by atoms with Gasteiger partial charge in [0.25, 0.3) is 0 Å². The Morgan fingerprint density at radius 3 is 2.60 bits per heavy atom. The SMILES string of the molecule is O=C1CCC(C(=O)Nc2nc(CC(=O)Nc3ccc(OC(F)(F)F)cc3)cs2)CN1. The van der Waals surface area contributed by atoms with Crippen LogP contribution in [0, 0.1) is 5.92 Å². The van der Waals surface area contributed by atoms with Gasteiger partial charge in [0.05, 0.1) is 18.0 Å². The van der Waals surface area contributed by atoms with Crippen molar-refractivity contribution in [2.75, 3.05) is 17.2 Å². The number of ether oxygens (including phenoxy) is 1. The Labute approximate surface area is 172 Å². The molecule has 1 aliphatic heterocycles. The molecule has 0 radical (unpaired) electrons. The van der Waals surface area contributed by atoms with Crippen molar-refractivity contribution in [3.8, 4) is 5.75 Å². The van der Waals surface area contributed by atoms with E-state index in [1.165, 1.54) is 12.1 Å². The average Bonchev–Trinajstić information content (AvgIpc) is 3.09. The summed E-state index contributed by atoms with van der Waals surface area (Å²) >= 11 is 1.16. The highest BCUT2D eigenvalue weighted by Gasteiger charge is 2.31. The minimum Gasteiger partial charge on any atom is -0.406 e. The van der Waals surface area contributed by atoms with Gasteiger partial charge >= 0.3 is 6.36 Å². The second-order valence-electron chi connectivity index (χ2n) is 6.47. The molecule has 1 aromatic carbocycles. The van der Waals surface area contributed by atoms with Gasteiger partial charge in [-0.15, -0.1) is 24.5 Å². The molecule has 3 N–H and O–H groups in total. The average molecular weight is 442 g/mol. The molecule has 1 aliphatic rings. The molecule has 1 saturated heterocycles. The van der Waals surface area contributed by atoms with E-state index in [1.54, 1.807) is 5.38 Å². The van der Waals surface area contributed by atoms with Crippen molar-refractivity contribution in [3.63, 3.8) is 0 Å². The number of hydrogen-bond acceptors (Lipinski definition) is 6. The summed E-state index contributed by atoms with van der Waals surface area (Å²) in [5.41, 5.74) is 0.736. The molecule has 2 heterocycles. The van der Waals surface area contributed by atoms with E-state index in [1.807, 2.05) is 0 Å². The van der Waals surface area contributed by atoms with Crippen LogP contribution in [-0.4, -0.2) is 35.6 Å². The first-order chi connectivity index (χ1) is 14.2. The molecule has 1 unspecified atom stereocenters. The molecule has 8 nitrogen and oxygen atoms in total. The molecule has 3 rings (SSSR count). The van der Waals surface area contributed by atoms with Crippen molar-refractivity contribution in [1.82, 2.24) is 10.3 Å². The lowest BCUT2D eigenvalue weighted by Gasteiger charge is -2.20. The third-order valence-corrected chi connectivity index (χ3v) is 4.94. The summed E-state index contributed by atoms with van der Waals surface area (Å²) in [4.78, 5) is 39.7. The number of anilines is 2. The molecular formula is C18H17F3N4O4S. The molecule has 1 aromatic heterocycles. The van der Waals surface area contributed by atoms with Gasteiger partial charge in [0, 0.05) is 24.0 Å². The van der Waals surface area contributed by atoms with Crippen LogP contribution in [0.4, 0.5) is 24.0 Å². The van der Waals surface area contributed by atoms with Crippen molar-refractivity contribution in [2.24, 2.45) is 5.92 Å². The van der Waals surface area contributed by atoms with E-state index >= 15 is 0 Å². The fourth-order valence-electron chi connectivity index (χ4n) is 2.72. The van der Waals surface area contributed by atoms with Crippen molar-refractivity contribution in [3.05, 3.63) is 35.3 Å². The number of carbonyl (C=O) groups excluding carboxylic acids is 3. The third-order valence-electron chi connectivity index (χ3n) is 4.13. The minimum absolute atomic E-state index is 0.0767. The summed E-state index contributed by atoms with van der Waals surface area (Å²) in [6.45, 7) is 0.276. The van der Waals surface area contributed by atoms with Gasteiger partial charge in [-0.25, -0.2) is 4.98 Å². The minimum atomic E-state index is -4.78. The van der Waals surface area contributed by atoms with Crippen LogP contribution in [-0.2, 0) is 20.8 Å². The number of carbonyl (C=O) groups is 3. The molecule has 2 aromatic rings. The zero-order valence-corrected chi connectivity index (χ0v) is 16.2. The molecule has 1 fully saturated rings. The zero-order chi connectivity index (χ0) is 21.7. The van der Waals surface area contributed by atoms with E-state index in [4.69, 9.17) is 0 Å². The molecule has 30 heavy (non-hydrogen) atoms. The molecule has 0 saturated carbocycles. The summed E-state index contributed by atoms with van der Waals surface area (Å²) in [6.07, 6.45) is -4.10. The van der Waals surface area contributed by atoms with E-state index in [9.17, 15) is 27.6 Å². The number of amides is 3. The number of rotatable bonds is 6. The highest BCUT2D eigenvalue weighted by molar-refractivity contribution is 7.13. The van der Waals surface area contributed by atoms with Crippen LogP contribution in [0.3, 0.4) is 0 Å². The second kappa shape index (κ2) is 9.11. The van der Waals surface area contributed by atoms with Crippen molar-refractivity contribution >= 4 is 39.9 Å². The van der Waals surface area contributed by atoms with Crippen LogP contribution in [0.2, 0.25) is 0 Å². The Hall–Kier alpha value is -3.15. The summed E-state index contributed by atoms with van der Waals surface area (Å²) in [6, 6.07) is 4.75. The Kier molecular flexibility index (Phi) is 6.55. The van der Waals surface area contributed by atoms with Gasteiger partial charge in [0.15, 0.2) is 5.13 Å². The molecule has 0 spiro atoms. The number of hydrogen-bond donors (Lipinski definition) is 3. The molecule has 160 valence electrons. The first kappa shape index (κ1) is 21.6. The maximum absolute atomic E-state index is 12.2. The maximum atomic E-state index is 12.2.